The zero-order valence-electron chi connectivity index (χ0n) is 18.7. The Labute approximate surface area is 192 Å². The molecule has 4 heterocycles. The summed E-state index contributed by atoms with van der Waals surface area (Å²) in [6, 6.07) is 9.49. The summed E-state index contributed by atoms with van der Waals surface area (Å²) in [6.07, 6.45) is 7.61. The van der Waals surface area contributed by atoms with E-state index < -0.39 is 17.4 Å². The molecule has 5 rings (SSSR count). The van der Waals surface area contributed by atoms with Gasteiger partial charge in [-0.25, -0.2) is 0 Å². The van der Waals surface area contributed by atoms with E-state index in [9.17, 15) is 9.59 Å². The summed E-state index contributed by atoms with van der Waals surface area (Å²) < 4.78 is 16.8. The van der Waals surface area contributed by atoms with E-state index in [1.165, 1.54) is 0 Å². The standard InChI is InChI=1S/C25H27N3O5/c1-31-18-4-3-16(13-20(18)32-2)8-12-27-23(29)21-19-5-9-25(33-19)15-28(24(30)22(21)25)14-17-6-10-26-11-7-17/h3-7,9-11,13,19,21-22H,8,12,14-15H2,1-2H3,(H,27,29)/t19-,21+,22-,25+/m1/s1. The Balaban J connectivity index is 1.24. The van der Waals surface area contributed by atoms with Crippen LogP contribution in [-0.2, 0) is 27.3 Å². The van der Waals surface area contributed by atoms with Crippen LogP contribution in [0.2, 0.25) is 0 Å². The number of fused-ring (bicyclic) bond motifs is 1. The molecule has 1 aromatic heterocycles. The minimum Gasteiger partial charge on any atom is -0.493 e. The fourth-order valence-corrected chi connectivity index (χ4v) is 5.20. The van der Waals surface area contributed by atoms with Gasteiger partial charge in [-0.15, -0.1) is 0 Å². The minimum atomic E-state index is -0.708. The molecule has 2 bridgehead atoms. The summed E-state index contributed by atoms with van der Waals surface area (Å²) in [7, 11) is 3.19. The van der Waals surface area contributed by atoms with Gasteiger partial charge < -0.3 is 24.4 Å². The third kappa shape index (κ3) is 3.74. The molecule has 0 unspecified atom stereocenters. The second-order valence-electron chi connectivity index (χ2n) is 8.68. The molecule has 1 N–H and O–H groups in total. The topological polar surface area (TPSA) is 90.0 Å². The Morgan fingerprint density at radius 3 is 2.73 bits per heavy atom. The molecule has 4 atom stereocenters. The van der Waals surface area contributed by atoms with Crippen LogP contribution in [-0.4, -0.2) is 60.7 Å². The lowest BCUT2D eigenvalue weighted by molar-refractivity contribution is -0.137. The van der Waals surface area contributed by atoms with Gasteiger partial charge >= 0.3 is 0 Å². The zero-order valence-corrected chi connectivity index (χ0v) is 18.7. The van der Waals surface area contributed by atoms with E-state index in [0.717, 1.165) is 11.1 Å². The number of rotatable bonds is 8. The van der Waals surface area contributed by atoms with Crippen LogP contribution in [0, 0.1) is 11.8 Å². The number of amides is 2. The number of carbonyl (C=O) groups excluding carboxylic acids is 2. The van der Waals surface area contributed by atoms with Crippen molar-refractivity contribution in [3.63, 3.8) is 0 Å². The first-order valence-corrected chi connectivity index (χ1v) is 11.1. The molecule has 172 valence electrons. The van der Waals surface area contributed by atoms with E-state index in [0.29, 0.717) is 37.6 Å². The van der Waals surface area contributed by atoms with Crippen molar-refractivity contribution >= 4 is 11.8 Å². The number of nitrogens with one attached hydrogen (secondary N) is 1. The summed E-state index contributed by atoms with van der Waals surface area (Å²) in [5.41, 5.74) is 1.32. The van der Waals surface area contributed by atoms with Gasteiger partial charge in [0, 0.05) is 25.5 Å². The Bertz CT molecular complexity index is 1090. The number of benzene rings is 1. The number of nitrogens with zero attached hydrogens (tertiary/aromatic N) is 2. The highest BCUT2D eigenvalue weighted by Crippen LogP contribution is 2.52. The van der Waals surface area contributed by atoms with Gasteiger partial charge in [0.15, 0.2) is 11.5 Å². The first-order valence-electron chi connectivity index (χ1n) is 11.1. The van der Waals surface area contributed by atoms with Crippen molar-refractivity contribution in [2.24, 2.45) is 11.8 Å². The number of methoxy groups -OCH3 is 2. The summed E-state index contributed by atoms with van der Waals surface area (Å²) in [5, 5.41) is 3.01. The van der Waals surface area contributed by atoms with Crippen LogP contribution < -0.4 is 14.8 Å². The van der Waals surface area contributed by atoms with Gasteiger partial charge in [-0.3, -0.25) is 14.6 Å². The summed E-state index contributed by atoms with van der Waals surface area (Å²) in [5.74, 6) is 0.138. The van der Waals surface area contributed by atoms with E-state index in [2.05, 4.69) is 10.3 Å². The number of hydrogen-bond donors (Lipinski definition) is 1. The summed E-state index contributed by atoms with van der Waals surface area (Å²) in [4.78, 5) is 32.3. The molecule has 1 spiro atoms. The average Bonchev–Trinajstić information content (AvgIpc) is 3.47. The highest BCUT2D eigenvalue weighted by molar-refractivity contribution is 5.93. The molecule has 3 aliphatic heterocycles. The minimum absolute atomic E-state index is 0.0290. The molecule has 2 saturated heterocycles. The van der Waals surface area contributed by atoms with Crippen LogP contribution in [0.3, 0.4) is 0 Å². The smallest absolute Gasteiger partial charge is 0.230 e. The largest absolute Gasteiger partial charge is 0.493 e. The number of likely N-dealkylation sites (tertiary alicyclic amines) is 1. The fourth-order valence-electron chi connectivity index (χ4n) is 5.20. The van der Waals surface area contributed by atoms with Gasteiger partial charge in [-0.05, 0) is 41.8 Å². The van der Waals surface area contributed by atoms with E-state index in [1.807, 2.05) is 42.5 Å². The van der Waals surface area contributed by atoms with Crippen molar-refractivity contribution in [3.05, 3.63) is 66.0 Å². The first-order chi connectivity index (χ1) is 16.0. The molecule has 0 radical (unpaired) electrons. The highest BCUT2D eigenvalue weighted by atomic mass is 16.5. The second kappa shape index (κ2) is 8.51. The van der Waals surface area contributed by atoms with Crippen molar-refractivity contribution in [1.82, 2.24) is 15.2 Å². The third-order valence-electron chi connectivity index (χ3n) is 6.77. The molecule has 0 saturated carbocycles. The molecular formula is C25H27N3O5. The average molecular weight is 450 g/mol. The van der Waals surface area contributed by atoms with Crippen molar-refractivity contribution < 1.29 is 23.8 Å². The molecule has 8 heteroatoms. The lowest BCUT2D eigenvalue weighted by Gasteiger charge is -2.23. The molecule has 8 nitrogen and oxygen atoms in total. The Morgan fingerprint density at radius 2 is 1.97 bits per heavy atom. The van der Waals surface area contributed by atoms with Crippen LogP contribution >= 0.6 is 0 Å². The van der Waals surface area contributed by atoms with E-state index in [4.69, 9.17) is 14.2 Å². The second-order valence-corrected chi connectivity index (χ2v) is 8.68. The maximum Gasteiger partial charge on any atom is 0.230 e. The maximum atomic E-state index is 13.3. The predicted molar refractivity (Wildman–Crippen MR) is 120 cm³/mol. The molecule has 3 aliphatic rings. The number of pyridine rings is 1. The van der Waals surface area contributed by atoms with E-state index in [-0.39, 0.29) is 17.9 Å². The van der Waals surface area contributed by atoms with Gasteiger partial charge in [-0.2, -0.15) is 0 Å². The Kier molecular flexibility index (Phi) is 5.54. The van der Waals surface area contributed by atoms with Crippen LogP contribution in [0.5, 0.6) is 11.5 Å². The maximum absolute atomic E-state index is 13.3. The van der Waals surface area contributed by atoms with Gasteiger partial charge in [0.25, 0.3) is 0 Å². The summed E-state index contributed by atoms with van der Waals surface area (Å²) in [6.45, 7) is 1.40. The summed E-state index contributed by atoms with van der Waals surface area (Å²) >= 11 is 0. The van der Waals surface area contributed by atoms with Crippen LogP contribution in [0.1, 0.15) is 11.1 Å². The molecular weight excluding hydrogens is 422 g/mol. The fraction of sp³-hybridized carbons (Fsp3) is 0.400. The van der Waals surface area contributed by atoms with Gasteiger partial charge in [0.05, 0.1) is 38.7 Å². The molecule has 33 heavy (non-hydrogen) atoms. The molecule has 1 aromatic carbocycles. The van der Waals surface area contributed by atoms with E-state index >= 15 is 0 Å². The molecule has 2 fully saturated rings. The van der Waals surface area contributed by atoms with Crippen molar-refractivity contribution in [2.75, 3.05) is 27.3 Å². The number of hydrogen-bond acceptors (Lipinski definition) is 6. The number of aromatic nitrogens is 1. The van der Waals surface area contributed by atoms with Crippen molar-refractivity contribution in [2.45, 2.75) is 24.7 Å². The van der Waals surface area contributed by atoms with Gasteiger partial charge in [0.1, 0.15) is 5.60 Å². The Morgan fingerprint density at radius 1 is 1.18 bits per heavy atom. The van der Waals surface area contributed by atoms with Crippen LogP contribution in [0.15, 0.2) is 54.9 Å². The lowest BCUT2D eigenvalue weighted by Crippen LogP contribution is -2.44. The monoisotopic (exact) mass is 449 g/mol. The molecule has 0 aliphatic carbocycles. The molecule has 2 amide bonds. The highest BCUT2D eigenvalue weighted by Gasteiger charge is 2.66. The van der Waals surface area contributed by atoms with Crippen molar-refractivity contribution in [1.29, 1.82) is 0 Å². The predicted octanol–water partition coefficient (Wildman–Crippen LogP) is 1.74. The number of carbonyl (C=O) groups is 2. The van der Waals surface area contributed by atoms with E-state index in [1.54, 1.807) is 31.5 Å². The normalized spacial score (nSPS) is 27.0. The van der Waals surface area contributed by atoms with Crippen LogP contribution in [0.25, 0.3) is 0 Å². The Hall–Kier alpha value is -3.39. The first kappa shape index (κ1) is 21.5. The van der Waals surface area contributed by atoms with Crippen molar-refractivity contribution in [3.8, 4) is 11.5 Å². The molecule has 2 aromatic rings. The zero-order chi connectivity index (χ0) is 23.0. The van der Waals surface area contributed by atoms with Gasteiger partial charge in [0.2, 0.25) is 11.8 Å². The SMILES string of the molecule is COc1ccc(CCNC(=O)[C@H]2[C@H]3C=C[C@@]4(CN(Cc5ccncc5)C(=O)[C@@H]24)O3)cc1OC. The van der Waals surface area contributed by atoms with Crippen LogP contribution in [0.4, 0.5) is 0 Å². The number of ether oxygens (including phenoxy) is 3. The lowest BCUT2D eigenvalue weighted by atomic mass is 9.77. The quantitative estimate of drug-likeness (QED) is 0.618. The third-order valence-corrected chi connectivity index (χ3v) is 6.77. The van der Waals surface area contributed by atoms with Gasteiger partial charge in [-0.1, -0.05) is 18.2 Å².